The minimum Gasteiger partial charge on any atom is -0.326 e. The second kappa shape index (κ2) is 13.8. The number of benzene rings is 1. The molecule has 1 N–H and O–H groups in total. The molecule has 30 heavy (non-hydrogen) atoms. The van der Waals surface area contributed by atoms with Crippen LogP contribution in [-0.2, 0) is 14.8 Å². The summed E-state index contributed by atoms with van der Waals surface area (Å²) in [5, 5.41) is 2.88. The number of sulfonamides is 1. The molecule has 1 amide bonds. The summed E-state index contributed by atoms with van der Waals surface area (Å²) in [5.41, 5.74) is 0.656. The van der Waals surface area contributed by atoms with E-state index in [9.17, 15) is 13.2 Å². The molecule has 0 bridgehead atoms. The number of carbonyl (C=O) groups is 1. The van der Waals surface area contributed by atoms with Crippen molar-refractivity contribution in [1.82, 2.24) is 4.31 Å². The van der Waals surface area contributed by atoms with Crippen molar-refractivity contribution in [3.63, 3.8) is 0 Å². The van der Waals surface area contributed by atoms with Crippen LogP contribution in [0.15, 0.2) is 29.2 Å². The van der Waals surface area contributed by atoms with Gasteiger partial charge in [0.1, 0.15) is 0 Å². The molecule has 1 saturated heterocycles. The Labute approximate surface area is 183 Å². The largest absolute Gasteiger partial charge is 0.326 e. The second-order valence-electron chi connectivity index (χ2n) is 8.47. The Morgan fingerprint density at radius 3 is 1.87 bits per heavy atom. The summed E-state index contributed by atoms with van der Waals surface area (Å²) in [6.07, 6.45) is 16.3. The molecule has 0 unspecified atom stereocenters. The van der Waals surface area contributed by atoms with Gasteiger partial charge in [-0.05, 0) is 43.5 Å². The molecule has 0 aliphatic carbocycles. The van der Waals surface area contributed by atoms with Crippen LogP contribution in [0, 0.1) is 0 Å². The highest BCUT2D eigenvalue weighted by atomic mass is 32.2. The zero-order chi connectivity index (χ0) is 21.7. The quantitative estimate of drug-likeness (QED) is 0.337. The minimum atomic E-state index is -3.40. The third-order valence-corrected chi connectivity index (χ3v) is 7.76. The van der Waals surface area contributed by atoms with Crippen LogP contribution in [-0.4, -0.2) is 31.7 Å². The molecule has 1 aliphatic rings. The minimum absolute atomic E-state index is 0.000995. The van der Waals surface area contributed by atoms with Gasteiger partial charge in [-0.1, -0.05) is 71.1 Å². The van der Waals surface area contributed by atoms with Crippen LogP contribution in [0.1, 0.15) is 96.8 Å². The number of hydrogen-bond acceptors (Lipinski definition) is 3. The van der Waals surface area contributed by atoms with E-state index < -0.39 is 10.0 Å². The van der Waals surface area contributed by atoms with Crippen LogP contribution < -0.4 is 5.32 Å². The molecule has 1 aromatic rings. The van der Waals surface area contributed by atoms with Crippen molar-refractivity contribution >= 4 is 21.6 Å². The van der Waals surface area contributed by atoms with Crippen LogP contribution in [0.25, 0.3) is 0 Å². The maximum atomic E-state index is 12.5. The summed E-state index contributed by atoms with van der Waals surface area (Å²) in [7, 11) is -3.40. The van der Waals surface area contributed by atoms with Crippen molar-refractivity contribution in [2.24, 2.45) is 0 Å². The zero-order valence-corrected chi connectivity index (χ0v) is 19.5. The lowest BCUT2D eigenvalue weighted by Crippen LogP contribution is -2.27. The smallest absolute Gasteiger partial charge is 0.243 e. The predicted molar refractivity (Wildman–Crippen MR) is 124 cm³/mol. The molecule has 170 valence electrons. The summed E-state index contributed by atoms with van der Waals surface area (Å²) in [4.78, 5) is 12.4. The van der Waals surface area contributed by atoms with Crippen molar-refractivity contribution in [1.29, 1.82) is 0 Å². The molecule has 0 radical (unpaired) electrons. The van der Waals surface area contributed by atoms with Gasteiger partial charge in [0.2, 0.25) is 15.9 Å². The van der Waals surface area contributed by atoms with E-state index >= 15 is 0 Å². The SMILES string of the molecule is CCCCCCCCCCCCCC(=O)Nc1ccc(S(=O)(=O)N2CCCC2)cc1. The summed E-state index contributed by atoms with van der Waals surface area (Å²) >= 11 is 0. The number of anilines is 1. The lowest BCUT2D eigenvalue weighted by molar-refractivity contribution is -0.116. The molecule has 0 spiro atoms. The summed E-state index contributed by atoms with van der Waals surface area (Å²) in [6.45, 7) is 3.44. The fraction of sp³-hybridized carbons (Fsp3) is 0.708. The number of nitrogens with one attached hydrogen (secondary N) is 1. The van der Waals surface area contributed by atoms with Gasteiger partial charge in [-0.2, -0.15) is 4.31 Å². The molecule has 0 aromatic heterocycles. The van der Waals surface area contributed by atoms with Gasteiger partial charge in [0.15, 0.2) is 0 Å². The molecular weight excluding hydrogens is 396 g/mol. The molecule has 1 aliphatic heterocycles. The zero-order valence-electron chi connectivity index (χ0n) is 18.7. The highest BCUT2D eigenvalue weighted by Crippen LogP contribution is 2.22. The Kier molecular flexibility index (Phi) is 11.4. The van der Waals surface area contributed by atoms with Crippen LogP contribution in [0.5, 0.6) is 0 Å². The van der Waals surface area contributed by atoms with Crippen molar-refractivity contribution in [3.05, 3.63) is 24.3 Å². The average Bonchev–Trinajstić information content (AvgIpc) is 3.28. The highest BCUT2D eigenvalue weighted by molar-refractivity contribution is 7.89. The van der Waals surface area contributed by atoms with Crippen LogP contribution in [0.4, 0.5) is 5.69 Å². The first kappa shape index (κ1) is 24.9. The van der Waals surface area contributed by atoms with Gasteiger partial charge < -0.3 is 5.32 Å². The Morgan fingerprint density at radius 2 is 1.33 bits per heavy atom. The molecule has 1 fully saturated rings. The summed E-state index contributed by atoms with van der Waals surface area (Å²) < 4.78 is 26.6. The Hall–Kier alpha value is -1.40. The Morgan fingerprint density at radius 1 is 0.833 bits per heavy atom. The lowest BCUT2D eigenvalue weighted by atomic mass is 10.1. The van der Waals surface area contributed by atoms with Crippen molar-refractivity contribution < 1.29 is 13.2 Å². The first-order chi connectivity index (χ1) is 14.5. The van der Waals surface area contributed by atoms with Crippen molar-refractivity contribution in [2.45, 2.75) is 102 Å². The van der Waals surface area contributed by atoms with Crippen LogP contribution in [0.3, 0.4) is 0 Å². The Bertz CT molecular complexity index is 710. The van der Waals surface area contributed by atoms with E-state index in [1.54, 1.807) is 24.3 Å². The Balaban J connectivity index is 1.57. The van der Waals surface area contributed by atoms with Gasteiger partial charge in [-0.3, -0.25) is 4.79 Å². The predicted octanol–water partition coefficient (Wildman–Crippen LogP) is 6.11. The van der Waals surface area contributed by atoms with E-state index in [2.05, 4.69) is 12.2 Å². The molecule has 0 atom stereocenters. The number of nitrogens with zero attached hydrogens (tertiary/aromatic N) is 1. The maximum Gasteiger partial charge on any atom is 0.243 e. The van der Waals surface area contributed by atoms with Crippen molar-refractivity contribution in [2.75, 3.05) is 18.4 Å². The van der Waals surface area contributed by atoms with E-state index in [0.29, 0.717) is 30.1 Å². The van der Waals surface area contributed by atoms with Gasteiger partial charge >= 0.3 is 0 Å². The monoisotopic (exact) mass is 436 g/mol. The first-order valence-electron chi connectivity index (χ1n) is 11.9. The van der Waals surface area contributed by atoms with Gasteiger partial charge in [0, 0.05) is 25.2 Å². The standard InChI is InChI=1S/C24H40N2O3S/c1-2-3-4-5-6-7-8-9-10-11-12-15-24(27)25-22-16-18-23(19-17-22)30(28,29)26-20-13-14-21-26/h16-19H,2-15,20-21H2,1H3,(H,25,27). The van der Waals surface area contributed by atoms with E-state index in [0.717, 1.165) is 25.7 Å². The number of unbranched alkanes of at least 4 members (excludes halogenated alkanes) is 10. The number of amides is 1. The summed E-state index contributed by atoms with van der Waals surface area (Å²) in [6, 6.07) is 6.54. The van der Waals surface area contributed by atoms with Gasteiger partial charge in [0.05, 0.1) is 4.90 Å². The maximum absolute atomic E-state index is 12.5. The van der Waals surface area contributed by atoms with E-state index in [4.69, 9.17) is 0 Å². The molecule has 1 heterocycles. The van der Waals surface area contributed by atoms with Gasteiger partial charge in [-0.15, -0.1) is 0 Å². The average molecular weight is 437 g/mol. The first-order valence-corrected chi connectivity index (χ1v) is 13.4. The number of carbonyl (C=O) groups excluding carboxylic acids is 1. The lowest BCUT2D eigenvalue weighted by Gasteiger charge is -2.15. The van der Waals surface area contributed by atoms with E-state index in [1.165, 1.54) is 62.1 Å². The third-order valence-electron chi connectivity index (χ3n) is 5.85. The van der Waals surface area contributed by atoms with E-state index in [-0.39, 0.29) is 5.91 Å². The molecule has 0 saturated carbocycles. The van der Waals surface area contributed by atoms with E-state index in [1.807, 2.05) is 0 Å². The van der Waals surface area contributed by atoms with Crippen LogP contribution >= 0.6 is 0 Å². The molecular formula is C24H40N2O3S. The van der Waals surface area contributed by atoms with Crippen LogP contribution in [0.2, 0.25) is 0 Å². The normalized spacial score (nSPS) is 14.8. The fourth-order valence-corrected chi connectivity index (χ4v) is 5.48. The molecule has 6 heteroatoms. The van der Waals surface area contributed by atoms with Crippen molar-refractivity contribution in [3.8, 4) is 0 Å². The molecule has 1 aromatic carbocycles. The van der Waals surface area contributed by atoms with Gasteiger partial charge in [0.25, 0.3) is 0 Å². The second-order valence-corrected chi connectivity index (χ2v) is 10.4. The van der Waals surface area contributed by atoms with Gasteiger partial charge in [-0.25, -0.2) is 8.42 Å². The summed E-state index contributed by atoms with van der Waals surface area (Å²) in [5.74, 6) is 0.000995. The topological polar surface area (TPSA) is 66.5 Å². The number of hydrogen-bond donors (Lipinski definition) is 1. The number of rotatable bonds is 15. The fourth-order valence-electron chi connectivity index (χ4n) is 3.96. The molecule has 5 nitrogen and oxygen atoms in total. The third kappa shape index (κ3) is 8.76. The highest BCUT2D eigenvalue weighted by Gasteiger charge is 2.26. The molecule has 2 rings (SSSR count).